The monoisotopic (exact) mass is 485 g/mol. The number of benzene rings is 1. The number of carbonyl (C=O) groups excluding carboxylic acids is 1. The molecule has 2 saturated heterocycles. The van der Waals surface area contributed by atoms with E-state index in [1.807, 2.05) is 18.2 Å². The van der Waals surface area contributed by atoms with Crippen molar-refractivity contribution in [2.24, 2.45) is 17.6 Å². The Labute approximate surface area is 208 Å². The quantitative estimate of drug-likeness (QED) is 0.490. The van der Waals surface area contributed by atoms with Crippen molar-refractivity contribution in [3.63, 3.8) is 0 Å². The number of hydrogen-bond donors (Lipinski definition) is 1. The lowest BCUT2D eigenvalue weighted by molar-refractivity contribution is -0.124. The van der Waals surface area contributed by atoms with E-state index < -0.39 is 5.41 Å². The zero-order valence-electron chi connectivity index (χ0n) is 20.5. The first-order valence-electron chi connectivity index (χ1n) is 12.2. The number of hydrogen-bond acceptors (Lipinski definition) is 3. The molecule has 4 rings (SSSR count). The van der Waals surface area contributed by atoms with Crippen molar-refractivity contribution < 1.29 is 4.79 Å². The largest absolute Gasteiger partial charge is 0.369 e. The summed E-state index contributed by atoms with van der Waals surface area (Å²) < 4.78 is 0. The van der Waals surface area contributed by atoms with E-state index in [0.717, 1.165) is 43.3 Å². The third kappa shape index (κ3) is 7.09. The lowest BCUT2D eigenvalue weighted by atomic mass is 9.73. The maximum Gasteiger partial charge on any atom is 0.228 e. The van der Waals surface area contributed by atoms with Gasteiger partial charge in [0.1, 0.15) is 0 Å². The third-order valence-electron chi connectivity index (χ3n) is 7.78. The number of amides is 1. The highest BCUT2D eigenvalue weighted by Crippen LogP contribution is 2.36. The van der Waals surface area contributed by atoms with E-state index in [0.29, 0.717) is 12.1 Å². The number of rotatable bonds is 10. The maximum absolute atomic E-state index is 13.0. The van der Waals surface area contributed by atoms with Crippen LogP contribution in [0.25, 0.3) is 0 Å². The van der Waals surface area contributed by atoms with Gasteiger partial charge in [-0.2, -0.15) is 0 Å². The highest BCUT2D eigenvalue weighted by molar-refractivity contribution is 5.86. The van der Waals surface area contributed by atoms with Gasteiger partial charge in [0, 0.05) is 31.7 Å². The summed E-state index contributed by atoms with van der Waals surface area (Å²) in [4.78, 5) is 18.2. The van der Waals surface area contributed by atoms with E-state index in [9.17, 15) is 4.79 Å². The fourth-order valence-electron chi connectivity index (χ4n) is 5.93. The number of primary amides is 1. The second-order valence-corrected chi connectivity index (χ2v) is 10.4. The van der Waals surface area contributed by atoms with Crippen molar-refractivity contribution >= 4 is 30.7 Å². The summed E-state index contributed by atoms with van der Waals surface area (Å²) in [5.41, 5.74) is 6.66. The first-order chi connectivity index (χ1) is 14.3. The second kappa shape index (κ2) is 13.2. The van der Waals surface area contributed by atoms with E-state index in [4.69, 9.17) is 5.73 Å². The molecule has 2 bridgehead atoms. The van der Waals surface area contributed by atoms with Crippen LogP contribution in [-0.2, 0) is 10.2 Å². The fraction of sp³-hybridized carbons (Fsp3) is 0.731. The first kappa shape index (κ1) is 29.2. The van der Waals surface area contributed by atoms with E-state index >= 15 is 0 Å². The highest BCUT2D eigenvalue weighted by atomic mass is 35.5. The second-order valence-electron chi connectivity index (χ2n) is 10.4. The number of fused-ring (bicyclic) bond motifs is 4. The summed E-state index contributed by atoms with van der Waals surface area (Å²) in [5, 5.41) is 0. The molecule has 2 aliphatic heterocycles. The summed E-state index contributed by atoms with van der Waals surface area (Å²) in [7, 11) is 0. The van der Waals surface area contributed by atoms with Gasteiger partial charge in [0.05, 0.1) is 5.41 Å². The Morgan fingerprint density at radius 1 is 0.969 bits per heavy atom. The van der Waals surface area contributed by atoms with Gasteiger partial charge < -0.3 is 10.6 Å². The summed E-state index contributed by atoms with van der Waals surface area (Å²) >= 11 is 0. The van der Waals surface area contributed by atoms with Gasteiger partial charge in [-0.05, 0) is 90.2 Å². The molecule has 0 aromatic heterocycles. The predicted molar refractivity (Wildman–Crippen MR) is 140 cm³/mol. The van der Waals surface area contributed by atoms with Crippen LogP contribution < -0.4 is 5.73 Å². The van der Waals surface area contributed by atoms with Crippen molar-refractivity contribution in [2.75, 3.05) is 26.2 Å². The van der Waals surface area contributed by atoms with Gasteiger partial charge in [-0.1, -0.05) is 30.3 Å². The number of carbonyl (C=O) groups is 1. The van der Waals surface area contributed by atoms with Gasteiger partial charge in [-0.15, -0.1) is 24.8 Å². The molecule has 32 heavy (non-hydrogen) atoms. The molecule has 1 aromatic rings. The molecule has 1 atom stereocenters. The highest BCUT2D eigenvalue weighted by Gasteiger charge is 2.40. The van der Waals surface area contributed by atoms with Crippen molar-refractivity contribution in [3.05, 3.63) is 35.9 Å². The molecule has 2 N–H and O–H groups in total. The SMILES string of the molecule is CC(C)N(CCC(CCN1CC2CCC(CC2)C1)(C(N)=O)c1ccccc1)C(C)C.Cl.Cl. The predicted octanol–water partition coefficient (Wildman–Crippen LogP) is 5.27. The molecule has 184 valence electrons. The molecular formula is C26H45Cl2N3O. The van der Waals surface area contributed by atoms with Gasteiger partial charge in [0.2, 0.25) is 5.91 Å². The molecule has 1 aliphatic carbocycles. The molecule has 1 saturated carbocycles. The zero-order chi connectivity index (χ0) is 21.7. The smallest absolute Gasteiger partial charge is 0.228 e. The molecule has 3 fully saturated rings. The van der Waals surface area contributed by atoms with Gasteiger partial charge >= 0.3 is 0 Å². The average molecular weight is 487 g/mol. The van der Waals surface area contributed by atoms with Crippen LogP contribution in [0.1, 0.15) is 71.8 Å². The number of nitrogens with two attached hydrogens (primary N) is 1. The van der Waals surface area contributed by atoms with Crippen molar-refractivity contribution in [3.8, 4) is 0 Å². The lowest BCUT2D eigenvalue weighted by Crippen LogP contribution is -2.48. The van der Waals surface area contributed by atoms with Gasteiger partial charge in [0.15, 0.2) is 0 Å². The zero-order valence-corrected chi connectivity index (χ0v) is 22.1. The minimum absolute atomic E-state index is 0. The molecule has 0 radical (unpaired) electrons. The van der Waals surface area contributed by atoms with Crippen LogP contribution in [-0.4, -0.2) is 54.0 Å². The Kier molecular flexibility index (Phi) is 12.0. The third-order valence-corrected chi connectivity index (χ3v) is 7.78. The van der Waals surface area contributed by atoms with E-state index in [2.05, 4.69) is 49.6 Å². The Bertz CT molecular complexity index is 655. The number of halogens is 2. The van der Waals surface area contributed by atoms with Crippen LogP contribution in [0, 0.1) is 11.8 Å². The Morgan fingerprint density at radius 2 is 1.47 bits per heavy atom. The van der Waals surface area contributed by atoms with Crippen LogP contribution in [0.3, 0.4) is 0 Å². The van der Waals surface area contributed by atoms with Gasteiger partial charge in [-0.3, -0.25) is 9.69 Å². The van der Waals surface area contributed by atoms with Crippen LogP contribution in [0.2, 0.25) is 0 Å². The Morgan fingerprint density at radius 3 is 1.91 bits per heavy atom. The maximum atomic E-state index is 13.0. The molecule has 1 amide bonds. The summed E-state index contributed by atoms with van der Waals surface area (Å²) in [5.74, 6) is 1.53. The molecular weight excluding hydrogens is 441 g/mol. The molecule has 2 heterocycles. The van der Waals surface area contributed by atoms with Crippen molar-refractivity contribution in [2.45, 2.75) is 83.7 Å². The minimum atomic E-state index is -0.603. The molecule has 3 aliphatic rings. The van der Waals surface area contributed by atoms with Crippen molar-refractivity contribution in [1.82, 2.24) is 9.80 Å². The van der Waals surface area contributed by atoms with Crippen LogP contribution in [0.15, 0.2) is 30.3 Å². The van der Waals surface area contributed by atoms with E-state index in [1.54, 1.807) is 0 Å². The van der Waals surface area contributed by atoms with Gasteiger partial charge in [-0.25, -0.2) is 0 Å². The first-order valence-corrected chi connectivity index (χ1v) is 12.2. The van der Waals surface area contributed by atoms with Crippen LogP contribution in [0.4, 0.5) is 0 Å². The van der Waals surface area contributed by atoms with Gasteiger partial charge in [0.25, 0.3) is 0 Å². The molecule has 1 unspecified atom stereocenters. The lowest BCUT2D eigenvalue weighted by Gasteiger charge is -2.38. The average Bonchev–Trinajstić information content (AvgIpc) is 3.03. The van der Waals surface area contributed by atoms with E-state index in [-0.39, 0.29) is 30.7 Å². The fourth-order valence-corrected chi connectivity index (χ4v) is 5.93. The molecule has 1 aromatic carbocycles. The summed E-state index contributed by atoms with van der Waals surface area (Å²) in [6.07, 6.45) is 7.15. The minimum Gasteiger partial charge on any atom is -0.369 e. The normalized spacial score (nSPS) is 22.8. The molecule has 0 spiro atoms. The van der Waals surface area contributed by atoms with E-state index in [1.165, 1.54) is 38.8 Å². The summed E-state index contributed by atoms with van der Waals surface area (Å²) in [6, 6.07) is 11.2. The topological polar surface area (TPSA) is 49.6 Å². The standard InChI is InChI=1S/C26H43N3O.2ClH/c1-20(2)29(21(3)4)17-15-26(25(27)30,24-8-6-5-7-9-24)14-16-28-18-22-10-11-23(19-28)13-12-22;;/h5-9,20-23H,10-19H2,1-4H3,(H2,27,30);2*1H. The summed E-state index contributed by atoms with van der Waals surface area (Å²) in [6.45, 7) is 13.2. The molecule has 6 heteroatoms. The van der Waals surface area contributed by atoms with Crippen LogP contribution in [0.5, 0.6) is 0 Å². The Balaban J connectivity index is 0.00000256. The molecule has 4 nitrogen and oxygen atoms in total. The Hall–Kier alpha value is -0.810. The van der Waals surface area contributed by atoms with Crippen molar-refractivity contribution in [1.29, 1.82) is 0 Å². The van der Waals surface area contributed by atoms with Crippen LogP contribution >= 0.6 is 24.8 Å². The number of nitrogens with zero attached hydrogens (tertiary/aromatic N) is 2.